The molecular weight excluding hydrogens is 304 g/mol. The van der Waals surface area contributed by atoms with Crippen LogP contribution in [0.15, 0.2) is 47.5 Å². The van der Waals surface area contributed by atoms with Gasteiger partial charge in [-0.15, -0.1) is 0 Å². The Labute approximate surface area is 140 Å². The zero-order valence-corrected chi connectivity index (χ0v) is 14.0. The van der Waals surface area contributed by atoms with Gasteiger partial charge in [0, 0.05) is 25.5 Å². The molecule has 124 valence electrons. The third-order valence-corrected chi connectivity index (χ3v) is 4.03. The largest absolute Gasteiger partial charge is 0.356 e. The predicted molar refractivity (Wildman–Crippen MR) is 92.6 cm³/mol. The van der Waals surface area contributed by atoms with Gasteiger partial charge in [0.2, 0.25) is 0 Å². The molecule has 1 N–H and O–H groups in total. The number of hydrogen-bond acceptors (Lipinski definition) is 3. The van der Waals surface area contributed by atoms with Crippen LogP contribution in [0.25, 0.3) is 16.9 Å². The summed E-state index contributed by atoms with van der Waals surface area (Å²) in [6, 6.07) is 9.25. The van der Waals surface area contributed by atoms with Gasteiger partial charge >= 0.3 is 0 Å². The van der Waals surface area contributed by atoms with Crippen molar-refractivity contribution in [1.29, 1.82) is 0 Å². The van der Waals surface area contributed by atoms with E-state index in [2.05, 4.69) is 10.4 Å². The van der Waals surface area contributed by atoms with Gasteiger partial charge in [-0.25, -0.2) is 0 Å². The predicted octanol–water partition coefficient (Wildman–Crippen LogP) is 2.20. The van der Waals surface area contributed by atoms with E-state index in [1.165, 1.54) is 4.68 Å². The van der Waals surface area contributed by atoms with Crippen molar-refractivity contribution >= 4 is 5.91 Å². The van der Waals surface area contributed by atoms with Crippen molar-refractivity contribution in [2.45, 2.75) is 26.3 Å². The SMILES string of the molecule is CC[C@H](C)NC(=O)c1cn(C)cc2c(=O)n(-c3ccccc3)nc1-2. The number of pyridine rings is 1. The van der Waals surface area contributed by atoms with Gasteiger partial charge in [-0.05, 0) is 25.5 Å². The maximum atomic E-state index is 12.7. The maximum absolute atomic E-state index is 12.7. The minimum absolute atomic E-state index is 0.0565. The number of benzene rings is 1. The lowest BCUT2D eigenvalue weighted by molar-refractivity contribution is 0.0939. The van der Waals surface area contributed by atoms with Crippen LogP contribution in [0.2, 0.25) is 0 Å². The number of rotatable bonds is 4. The van der Waals surface area contributed by atoms with Gasteiger partial charge in [-0.2, -0.15) is 9.78 Å². The van der Waals surface area contributed by atoms with Gasteiger partial charge in [-0.1, -0.05) is 25.1 Å². The Morgan fingerprint density at radius 3 is 2.62 bits per heavy atom. The molecule has 0 saturated carbocycles. The topological polar surface area (TPSA) is 68.9 Å². The first kappa shape index (κ1) is 16.0. The fraction of sp³-hybridized carbons (Fsp3) is 0.278. The number of aromatic nitrogens is 3. The highest BCUT2D eigenvalue weighted by molar-refractivity contribution is 6.00. The molecule has 0 saturated heterocycles. The molecule has 0 fully saturated rings. The highest BCUT2D eigenvalue weighted by atomic mass is 16.2. The van der Waals surface area contributed by atoms with Crippen LogP contribution in [0, 0.1) is 0 Å². The van der Waals surface area contributed by atoms with Gasteiger partial charge in [0.25, 0.3) is 11.5 Å². The summed E-state index contributed by atoms with van der Waals surface area (Å²) in [4.78, 5) is 25.3. The summed E-state index contributed by atoms with van der Waals surface area (Å²) in [6.45, 7) is 3.95. The standard InChI is InChI=1S/C18H20N4O2/c1-4-12(2)19-17(23)14-10-21(3)11-15-16(14)20-22(18(15)24)13-8-6-5-7-9-13/h5-12H,4H2,1-3H3,(H,19,23)/t12-/m0/s1. The van der Waals surface area contributed by atoms with E-state index in [0.29, 0.717) is 22.5 Å². The molecule has 24 heavy (non-hydrogen) atoms. The second-order valence-corrected chi connectivity index (χ2v) is 5.93. The molecule has 3 rings (SSSR count). The molecule has 1 atom stereocenters. The summed E-state index contributed by atoms with van der Waals surface area (Å²) in [5, 5.41) is 7.34. The van der Waals surface area contributed by atoms with E-state index >= 15 is 0 Å². The zero-order chi connectivity index (χ0) is 17.3. The molecule has 0 bridgehead atoms. The third kappa shape index (κ3) is 2.82. The minimum Gasteiger partial charge on any atom is -0.356 e. The average molecular weight is 324 g/mol. The number of nitrogens with zero attached hydrogens (tertiary/aromatic N) is 3. The quantitative estimate of drug-likeness (QED) is 0.800. The lowest BCUT2D eigenvalue weighted by Crippen LogP contribution is -2.32. The lowest BCUT2D eigenvalue weighted by atomic mass is 10.1. The molecule has 1 aromatic rings. The summed E-state index contributed by atoms with van der Waals surface area (Å²) in [5.41, 5.74) is 1.70. The average Bonchev–Trinajstić information content (AvgIpc) is 2.91. The van der Waals surface area contributed by atoms with Crippen LogP contribution in [0.5, 0.6) is 0 Å². The molecule has 6 nitrogen and oxygen atoms in total. The molecule has 0 aromatic heterocycles. The van der Waals surface area contributed by atoms with Gasteiger partial charge in [0.1, 0.15) is 5.69 Å². The molecular formula is C18H20N4O2. The van der Waals surface area contributed by atoms with Crippen molar-refractivity contribution in [1.82, 2.24) is 19.7 Å². The van der Waals surface area contributed by atoms with Crippen molar-refractivity contribution in [2.75, 3.05) is 0 Å². The molecule has 6 heteroatoms. The Kier molecular flexibility index (Phi) is 4.20. The molecule has 0 unspecified atom stereocenters. The van der Waals surface area contributed by atoms with Crippen LogP contribution in [0.1, 0.15) is 30.6 Å². The first-order chi connectivity index (χ1) is 11.5. The molecule has 0 radical (unpaired) electrons. The number of carbonyl (C=O) groups excluding carboxylic acids is 1. The summed E-state index contributed by atoms with van der Waals surface area (Å²) < 4.78 is 3.05. The lowest BCUT2D eigenvalue weighted by Gasteiger charge is -2.13. The van der Waals surface area contributed by atoms with Gasteiger partial charge in [0.15, 0.2) is 0 Å². The van der Waals surface area contributed by atoms with E-state index in [1.54, 1.807) is 24.0 Å². The fourth-order valence-corrected chi connectivity index (χ4v) is 2.55. The summed E-state index contributed by atoms with van der Waals surface area (Å²) in [7, 11) is 1.79. The van der Waals surface area contributed by atoms with E-state index in [1.807, 2.05) is 44.2 Å². The highest BCUT2D eigenvalue weighted by Gasteiger charge is 2.24. The van der Waals surface area contributed by atoms with E-state index in [0.717, 1.165) is 6.42 Å². The molecule has 0 aliphatic carbocycles. The second kappa shape index (κ2) is 6.31. The fourth-order valence-electron chi connectivity index (χ4n) is 2.55. The van der Waals surface area contributed by atoms with Crippen LogP contribution in [0.4, 0.5) is 0 Å². The van der Waals surface area contributed by atoms with E-state index in [4.69, 9.17) is 0 Å². The van der Waals surface area contributed by atoms with Crippen molar-refractivity contribution in [3.05, 3.63) is 58.6 Å². The molecule has 2 aliphatic rings. The maximum Gasteiger partial charge on any atom is 0.282 e. The summed E-state index contributed by atoms with van der Waals surface area (Å²) in [6.07, 6.45) is 4.23. The zero-order valence-electron chi connectivity index (χ0n) is 14.0. The summed E-state index contributed by atoms with van der Waals surface area (Å²) in [5.74, 6) is -0.219. The Balaban J connectivity index is 2.15. The smallest absolute Gasteiger partial charge is 0.282 e. The third-order valence-electron chi connectivity index (χ3n) is 4.03. The van der Waals surface area contributed by atoms with Crippen LogP contribution >= 0.6 is 0 Å². The van der Waals surface area contributed by atoms with E-state index in [9.17, 15) is 9.59 Å². The second-order valence-electron chi connectivity index (χ2n) is 5.93. The van der Waals surface area contributed by atoms with Crippen molar-refractivity contribution < 1.29 is 4.79 Å². The molecule has 0 spiro atoms. The molecule has 2 heterocycles. The van der Waals surface area contributed by atoms with Crippen LogP contribution in [-0.4, -0.2) is 26.3 Å². The summed E-state index contributed by atoms with van der Waals surface area (Å²) >= 11 is 0. The van der Waals surface area contributed by atoms with Crippen LogP contribution < -0.4 is 10.9 Å². The minimum atomic E-state index is -0.231. The van der Waals surface area contributed by atoms with Crippen molar-refractivity contribution in [3.63, 3.8) is 0 Å². The van der Waals surface area contributed by atoms with Gasteiger partial charge in [0.05, 0.1) is 16.8 Å². The Hall–Kier alpha value is -2.89. The van der Waals surface area contributed by atoms with Crippen molar-refractivity contribution in [3.8, 4) is 16.9 Å². The number of para-hydroxylation sites is 1. The van der Waals surface area contributed by atoms with Gasteiger partial charge in [-0.3, -0.25) is 9.59 Å². The number of carbonyl (C=O) groups is 1. The van der Waals surface area contributed by atoms with Crippen LogP contribution in [0.3, 0.4) is 0 Å². The highest BCUT2D eigenvalue weighted by Crippen LogP contribution is 2.22. The Morgan fingerprint density at radius 1 is 1.25 bits per heavy atom. The van der Waals surface area contributed by atoms with Gasteiger partial charge < -0.3 is 9.88 Å². The number of fused-ring (bicyclic) bond motifs is 1. The Morgan fingerprint density at radius 2 is 1.96 bits per heavy atom. The molecule has 1 amide bonds. The number of amides is 1. The van der Waals surface area contributed by atoms with E-state index < -0.39 is 0 Å². The normalized spacial score (nSPS) is 12.3. The number of hydrogen-bond donors (Lipinski definition) is 1. The van der Waals surface area contributed by atoms with Crippen molar-refractivity contribution in [2.24, 2.45) is 7.05 Å². The first-order valence-electron chi connectivity index (χ1n) is 7.96. The van der Waals surface area contributed by atoms with Crippen LogP contribution in [-0.2, 0) is 7.05 Å². The first-order valence-corrected chi connectivity index (χ1v) is 7.96. The monoisotopic (exact) mass is 324 g/mol. The van der Waals surface area contributed by atoms with E-state index in [-0.39, 0.29) is 17.5 Å². The Bertz CT molecular complexity index is 895. The number of nitrogens with one attached hydrogen (secondary N) is 1. The number of aryl methyl sites for hydroxylation is 1. The molecule has 1 aromatic carbocycles. The molecule has 2 aliphatic heterocycles.